The van der Waals surface area contributed by atoms with Crippen LogP contribution in [0.25, 0.3) is 0 Å². The van der Waals surface area contributed by atoms with E-state index in [1.165, 1.54) is 17.0 Å². The van der Waals surface area contributed by atoms with Gasteiger partial charge in [0, 0.05) is 25.2 Å². The van der Waals surface area contributed by atoms with Crippen molar-refractivity contribution in [1.29, 1.82) is 0 Å². The summed E-state index contributed by atoms with van der Waals surface area (Å²) in [6, 6.07) is 2.50. The highest BCUT2D eigenvalue weighted by molar-refractivity contribution is 7.99. The normalized spacial score (nSPS) is 29.6. The van der Waals surface area contributed by atoms with Crippen LogP contribution in [0.2, 0.25) is 0 Å². The monoisotopic (exact) mass is 368 g/mol. The molecule has 0 aromatic heterocycles. The van der Waals surface area contributed by atoms with Crippen LogP contribution in [0, 0.1) is 23.5 Å². The molecule has 0 spiro atoms. The van der Waals surface area contributed by atoms with Gasteiger partial charge >= 0.3 is 6.09 Å². The van der Waals surface area contributed by atoms with Gasteiger partial charge in [0.2, 0.25) is 0 Å². The Balaban J connectivity index is 1.58. The topological polar surface area (TPSA) is 32.8 Å². The van der Waals surface area contributed by atoms with Crippen molar-refractivity contribution >= 4 is 29.2 Å². The Morgan fingerprint density at radius 3 is 2.20 bits per heavy atom. The number of carbonyl (C=O) groups excluding carboxylic acids is 1. The molecule has 7 heteroatoms. The number of cyclic esters (lactones) is 1. The minimum atomic E-state index is -0.604. The number of ether oxygens (including phenoxy) is 1. The molecular weight excluding hydrogens is 346 g/mol. The number of halogens is 2. The summed E-state index contributed by atoms with van der Waals surface area (Å²) in [5, 5.41) is 0. The number of rotatable bonds is 2. The van der Waals surface area contributed by atoms with Crippen LogP contribution >= 0.6 is 11.8 Å². The molecule has 0 saturated carbocycles. The molecule has 4 rings (SSSR count). The number of fused-ring (bicyclic) bond motifs is 1. The maximum Gasteiger partial charge on any atom is 0.414 e. The number of thioether (sulfide) groups is 1. The molecular formula is C18H22F2N2O2S. The van der Waals surface area contributed by atoms with Crippen molar-refractivity contribution < 1.29 is 18.3 Å². The first kappa shape index (κ1) is 16.9. The smallest absolute Gasteiger partial charge is 0.414 e. The van der Waals surface area contributed by atoms with E-state index in [1.54, 1.807) is 6.92 Å². The minimum Gasteiger partial charge on any atom is -0.444 e. The molecule has 3 aliphatic heterocycles. The standard InChI is InChI=1S/C18H22F2N2O2S/c1-11-8-22(18(23)24-11)14-6-15(19)17(16(20)7-14)21-9-12-2-4-25-5-3-13(12)10-21/h6-7,11-13H,2-5,8-10H2,1H3. The van der Waals surface area contributed by atoms with Gasteiger partial charge in [0.25, 0.3) is 0 Å². The van der Waals surface area contributed by atoms with Gasteiger partial charge in [-0.1, -0.05) is 0 Å². The van der Waals surface area contributed by atoms with Gasteiger partial charge in [-0.2, -0.15) is 11.8 Å². The lowest BCUT2D eigenvalue weighted by Gasteiger charge is -2.22. The van der Waals surface area contributed by atoms with Crippen LogP contribution in [0.1, 0.15) is 19.8 Å². The molecule has 3 fully saturated rings. The zero-order valence-corrected chi connectivity index (χ0v) is 15.0. The molecule has 0 radical (unpaired) electrons. The Hall–Kier alpha value is -1.50. The number of hydrogen-bond acceptors (Lipinski definition) is 4. The zero-order valence-electron chi connectivity index (χ0n) is 14.2. The summed E-state index contributed by atoms with van der Waals surface area (Å²) in [5.74, 6) is 2.09. The summed E-state index contributed by atoms with van der Waals surface area (Å²) in [5.41, 5.74) is 0.267. The minimum absolute atomic E-state index is 0.0464. The van der Waals surface area contributed by atoms with Gasteiger partial charge in [-0.3, -0.25) is 4.90 Å². The van der Waals surface area contributed by atoms with Gasteiger partial charge in [0.05, 0.1) is 12.2 Å². The Morgan fingerprint density at radius 1 is 1.08 bits per heavy atom. The van der Waals surface area contributed by atoms with E-state index in [0.29, 0.717) is 31.5 Å². The highest BCUT2D eigenvalue weighted by Crippen LogP contribution is 2.39. The summed E-state index contributed by atoms with van der Waals surface area (Å²) in [6.45, 7) is 3.48. The third-order valence-corrected chi connectivity index (χ3v) is 6.48. The molecule has 0 N–H and O–H groups in total. The van der Waals surface area contributed by atoms with Crippen molar-refractivity contribution in [2.75, 3.05) is 40.9 Å². The third-order valence-electron chi connectivity index (χ3n) is 5.43. The summed E-state index contributed by atoms with van der Waals surface area (Å²) in [7, 11) is 0. The van der Waals surface area contributed by atoms with Crippen LogP contribution in [0.5, 0.6) is 0 Å². The van der Waals surface area contributed by atoms with E-state index in [2.05, 4.69) is 0 Å². The SMILES string of the molecule is CC1CN(c2cc(F)c(N3CC4CCSCCC4C3)c(F)c2)C(=O)O1. The van der Waals surface area contributed by atoms with Crippen LogP contribution in [0.15, 0.2) is 12.1 Å². The lowest BCUT2D eigenvalue weighted by Crippen LogP contribution is -2.26. The summed E-state index contributed by atoms with van der Waals surface area (Å²) < 4.78 is 34.5. The van der Waals surface area contributed by atoms with E-state index in [9.17, 15) is 13.6 Å². The molecule has 3 aliphatic rings. The highest BCUT2D eigenvalue weighted by atomic mass is 32.2. The average molecular weight is 368 g/mol. The van der Waals surface area contributed by atoms with Crippen molar-refractivity contribution in [2.24, 2.45) is 11.8 Å². The predicted octanol–water partition coefficient (Wildman–Crippen LogP) is 3.89. The molecule has 3 heterocycles. The first-order valence-electron chi connectivity index (χ1n) is 8.83. The predicted molar refractivity (Wildman–Crippen MR) is 95.4 cm³/mol. The first-order chi connectivity index (χ1) is 12.0. The lowest BCUT2D eigenvalue weighted by atomic mass is 9.92. The second kappa shape index (κ2) is 6.67. The lowest BCUT2D eigenvalue weighted by molar-refractivity contribution is 0.150. The van der Waals surface area contributed by atoms with Crippen LogP contribution in [0.4, 0.5) is 25.0 Å². The largest absolute Gasteiger partial charge is 0.444 e. The van der Waals surface area contributed by atoms with Gasteiger partial charge in [0.15, 0.2) is 11.6 Å². The van der Waals surface area contributed by atoms with Gasteiger partial charge < -0.3 is 9.64 Å². The number of hydrogen-bond donors (Lipinski definition) is 0. The van der Waals surface area contributed by atoms with E-state index < -0.39 is 17.7 Å². The number of nitrogens with zero attached hydrogens (tertiary/aromatic N) is 2. The molecule has 3 saturated heterocycles. The molecule has 1 aromatic carbocycles. The van der Waals surface area contributed by atoms with Crippen molar-refractivity contribution in [3.8, 4) is 0 Å². The molecule has 0 aliphatic carbocycles. The molecule has 136 valence electrons. The second-order valence-electron chi connectivity index (χ2n) is 7.18. The molecule has 1 amide bonds. The van der Waals surface area contributed by atoms with Crippen molar-refractivity contribution in [1.82, 2.24) is 0 Å². The van der Waals surface area contributed by atoms with Crippen LogP contribution in [-0.4, -0.2) is 43.3 Å². The molecule has 0 bridgehead atoms. The Morgan fingerprint density at radius 2 is 1.68 bits per heavy atom. The quantitative estimate of drug-likeness (QED) is 0.793. The Kier molecular flexibility index (Phi) is 4.52. The van der Waals surface area contributed by atoms with Gasteiger partial charge in [-0.25, -0.2) is 13.6 Å². The van der Waals surface area contributed by atoms with Crippen molar-refractivity contribution in [3.63, 3.8) is 0 Å². The van der Waals surface area contributed by atoms with E-state index in [-0.39, 0.29) is 17.5 Å². The molecule has 25 heavy (non-hydrogen) atoms. The Labute approximate surface area is 150 Å². The number of carbonyl (C=O) groups is 1. The van der Waals surface area contributed by atoms with Gasteiger partial charge in [0.1, 0.15) is 11.8 Å². The van der Waals surface area contributed by atoms with E-state index in [4.69, 9.17) is 4.74 Å². The molecule has 1 aromatic rings. The van der Waals surface area contributed by atoms with Crippen LogP contribution in [-0.2, 0) is 4.74 Å². The number of benzene rings is 1. The van der Waals surface area contributed by atoms with Crippen molar-refractivity contribution in [3.05, 3.63) is 23.8 Å². The Bertz CT molecular complexity index is 650. The van der Waals surface area contributed by atoms with Gasteiger partial charge in [-0.15, -0.1) is 0 Å². The number of anilines is 2. The van der Waals surface area contributed by atoms with Crippen molar-refractivity contribution in [2.45, 2.75) is 25.9 Å². The molecule has 4 nitrogen and oxygen atoms in total. The summed E-state index contributed by atoms with van der Waals surface area (Å²) >= 11 is 1.98. The molecule has 3 atom stereocenters. The average Bonchev–Trinajstić information content (AvgIpc) is 3.02. The zero-order chi connectivity index (χ0) is 17.6. The number of amides is 1. The van der Waals surface area contributed by atoms with E-state index in [0.717, 1.165) is 24.3 Å². The fourth-order valence-electron chi connectivity index (χ4n) is 4.17. The van der Waals surface area contributed by atoms with Crippen LogP contribution < -0.4 is 9.80 Å². The summed E-state index contributed by atoms with van der Waals surface area (Å²) in [6.07, 6.45) is 1.40. The maximum absolute atomic E-state index is 14.7. The third kappa shape index (κ3) is 3.18. The summed E-state index contributed by atoms with van der Waals surface area (Å²) in [4.78, 5) is 14.9. The maximum atomic E-state index is 14.7. The highest BCUT2D eigenvalue weighted by Gasteiger charge is 2.36. The first-order valence-corrected chi connectivity index (χ1v) is 9.98. The van der Waals surface area contributed by atoms with E-state index >= 15 is 0 Å². The second-order valence-corrected chi connectivity index (χ2v) is 8.40. The van der Waals surface area contributed by atoms with Gasteiger partial charge in [-0.05, 0) is 43.1 Å². The fourth-order valence-corrected chi connectivity index (χ4v) is 5.32. The van der Waals surface area contributed by atoms with E-state index in [1.807, 2.05) is 16.7 Å². The fraction of sp³-hybridized carbons (Fsp3) is 0.611. The van der Waals surface area contributed by atoms with Crippen LogP contribution in [0.3, 0.4) is 0 Å². The molecule has 3 unspecified atom stereocenters.